The fourth-order valence-electron chi connectivity index (χ4n) is 1.71. The lowest BCUT2D eigenvalue weighted by molar-refractivity contribution is 0.259. The Bertz CT molecular complexity index is 495. The summed E-state index contributed by atoms with van der Waals surface area (Å²) in [6.45, 7) is 3.97. The molecule has 0 amide bonds. The zero-order chi connectivity index (χ0) is 14.3. The first-order valence-corrected chi connectivity index (χ1v) is 7.83. The summed E-state index contributed by atoms with van der Waals surface area (Å²) in [7, 11) is -3.45. The van der Waals surface area contributed by atoms with Gasteiger partial charge < -0.3 is 5.11 Å². The van der Waals surface area contributed by atoms with E-state index in [0.29, 0.717) is 13.0 Å². The molecule has 1 aromatic rings. The van der Waals surface area contributed by atoms with Crippen LogP contribution in [0.5, 0.6) is 0 Å². The van der Waals surface area contributed by atoms with Crippen LogP contribution >= 0.6 is 0 Å². The monoisotopic (exact) mass is 283 g/mol. The number of benzene rings is 1. The summed E-state index contributed by atoms with van der Waals surface area (Å²) in [4.78, 5) is 0. The Balaban J connectivity index is 2.86. The normalized spacial score (nSPS) is 12.7. The Morgan fingerprint density at radius 3 is 2.42 bits per heavy atom. The lowest BCUT2D eigenvalue weighted by atomic mass is 10.2. The van der Waals surface area contributed by atoms with Gasteiger partial charge in [0, 0.05) is 24.6 Å². The first-order valence-electron chi connectivity index (χ1n) is 6.33. The zero-order valence-electron chi connectivity index (χ0n) is 11.4. The van der Waals surface area contributed by atoms with Crippen molar-refractivity contribution in [1.82, 2.24) is 4.31 Å². The molecule has 0 bridgehead atoms. The molecule has 5 heteroatoms. The van der Waals surface area contributed by atoms with Gasteiger partial charge in [-0.15, -0.1) is 0 Å². The Morgan fingerprint density at radius 1 is 1.26 bits per heavy atom. The maximum atomic E-state index is 12.2. The van der Waals surface area contributed by atoms with Crippen molar-refractivity contribution in [2.24, 2.45) is 0 Å². The third-order valence-corrected chi connectivity index (χ3v) is 4.41. The molecule has 0 aliphatic carbocycles. The van der Waals surface area contributed by atoms with Crippen molar-refractivity contribution in [3.8, 4) is 0 Å². The molecule has 0 aliphatic heterocycles. The van der Waals surface area contributed by atoms with Crippen LogP contribution in [-0.2, 0) is 10.0 Å². The summed E-state index contributed by atoms with van der Waals surface area (Å²) in [6.07, 6.45) is 2.03. The molecule has 106 valence electrons. The lowest BCUT2D eigenvalue weighted by Gasteiger charge is -2.23. The molecule has 0 saturated carbocycles. The van der Waals surface area contributed by atoms with Crippen molar-refractivity contribution >= 4 is 16.1 Å². The Hall–Kier alpha value is -1.17. The molecular formula is C14H21NO3S. The van der Waals surface area contributed by atoms with Crippen LogP contribution in [-0.4, -0.2) is 37.0 Å². The summed E-state index contributed by atoms with van der Waals surface area (Å²) in [6, 6.07) is 9.17. The summed E-state index contributed by atoms with van der Waals surface area (Å²) in [5.74, 6) is 0. The average Bonchev–Trinajstić information content (AvgIpc) is 2.37. The molecule has 0 atom stereocenters. The molecule has 1 N–H and O–H groups in total. The van der Waals surface area contributed by atoms with Gasteiger partial charge >= 0.3 is 0 Å². The van der Waals surface area contributed by atoms with E-state index < -0.39 is 10.0 Å². The number of hydrogen-bond acceptors (Lipinski definition) is 3. The molecule has 0 aliphatic rings. The van der Waals surface area contributed by atoms with Gasteiger partial charge in [-0.3, -0.25) is 0 Å². The van der Waals surface area contributed by atoms with Crippen molar-refractivity contribution in [1.29, 1.82) is 0 Å². The maximum absolute atomic E-state index is 12.2. The topological polar surface area (TPSA) is 57.6 Å². The van der Waals surface area contributed by atoms with Gasteiger partial charge in [-0.05, 0) is 31.9 Å². The highest BCUT2D eigenvalue weighted by Gasteiger charge is 2.21. The zero-order valence-corrected chi connectivity index (χ0v) is 12.2. The molecule has 19 heavy (non-hydrogen) atoms. The molecule has 0 saturated heterocycles. The summed E-state index contributed by atoms with van der Waals surface area (Å²) < 4.78 is 25.8. The number of sulfonamides is 1. The molecule has 0 spiro atoms. The lowest BCUT2D eigenvalue weighted by Crippen LogP contribution is -2.36. The van der Waals surface area contributed by atoms with Gasteiger partial charge in [0.1, 0.15) is 0 Å². The molecule has 0 unspecified atom stereocenters. The third kappa shape index (κ3) is 5.14. The Morgan fingerprint density at radius 2 is 1.89 bits per heavy atom. The molecule has 0 fully saturated rings. The number of rotatable bonds is 7. The quantitative estimate of drug-likeness (QED) is 0.833. The summed E-state index contributed by atoms with van der Waals surface area (Å²) >= 11 is 0. The van der Waals surface area contributed by atoms with Gasteiger partial charge in [0.25, 0.3) is 0 Å². The molecule has 0 radical (unpaired) electrons. The van der Waals surface area contributed by atoms with Crippen LogP contribution < -0.4 is 0 Å². The largest absolute Gasteiger partial charge is 0.396 e. The first kappa shape index (κ1) is 15.9. The second-order valence-electron chi connectivity index (χ2n) is 4.54. The molecule has 1 aromatic carbocycles. The van der Waals surface area contributed by atoms with E-state index in [1.54, 1.807) is 6.08 Å². The highest BCUT2D eigenvalue weighted by atomic mass is 32.2. The number of aliphatic hydroxyl groups excluding tert-OH is 1. The van der Waals surface area contributed by atoms with E-state index in [2.05, 4.69) is 0 Å². The van der Waals surface area contributed by atoms with Crippen LogP contribution in [0.3, 0.4) is 0 Å². The van der Waals surface area contributed by atoms with Crippen LogP contribution in [0.1, 0.15) is 25.8 Å². The first-order chi connectivity index (χ1) is 8.97. The minimum atomic E-state index is -3.45. The molecule has 0 heterocycles. The minimum Gasteiger partial charge on any atom is -0.396 e. The third-order valence-electron chi connectivity index (χ3n) is 2.67. The van der Waals surface area contributed by atoms with Crippen molar-refractivity contribution in [2.75, 3.05) is 13.2 Å². The van der Waals surface area contributed by atoms with Gasteiger partial charge in [-0.2, -0.15) is 4.31 Å². The van der Waals surface area contributed by atoms with E-state index in [9.17, 15) is 8.42 Å². The standard InChI is InChI=1S/C14H21NO3S/c1-13(2)15(10-6-11-16)19(17,18)12-9-14-7-4-3-5-8-14/h3-5,7-9,12-13,16H,6,10-11H2,1-2H3/b12-9+. The fraction of sp³-hybridized carbons (Fsp3) is 0.429. The fourth-order valence-corrected chi connectivity index (χ4v) is 3.17. The van der Waals surface area contributed by atoms with Gasteiger partial charge in [0.2, 0.25) is 10.0 Å². The highest BCUT2D eigenvalue weighted by molar-refractivity contribution is 7.92. The summed E-state index contributed by atoms with van der Waals surface area (Å²) in [5.41, 5.74) is 0.844. The van der Waals surface area contributed by atoms with E-state index in [1.807, 2.05) is 44.2 Å². The highest BCUT2D eigenvalue weighted by Crippen LogP contribution is 2.12. The van der Waals surface area contributed by atoms with E-state index in [-0.39, 0.29) is 12.6 Å². The maximum Gasteiger partial charge on any atom is 0.236 e. The van der Waals surface area contributed by atoms with E-state index >= 15 is 0 Å². The molecule has 4 nitrogen and oxygen atoms in total. The van der Waals surface area contributed by atoms with Crippen molar-refractivity contribution in [3.63, 3.8) is 0 Å². The van der Waals surface area contributed by atoms with Crippen LogP contribution in [0, 0.1) is 0 Å². The minimum absolute atomic E-state index is 0.0128. The van der Waals surface area contributed by atoms with Crippen molar-refractivity contribution in [3.05, 3.63) is 41.3 Å². The van der Waals surface area contributed by atoms with Crippen LogP contribution in [0.15, 0.2) is 35.7 Å². The second kappa shape index (κ2) is 7.43. The van der Waals surface area contributed by atoms with Gasteiger partial charge in [-0.1, -0.05) is 30.3 Å². The second-order valence-corrected chi connectivity index (χ2v) is 6.31. The molecular weight excluding hydrogens is 262 g/mol. The average molecular weight is 283 g/mol. The smallest absolute Gasteiger partial charge is 0.236 e. The van der Waals surface area contributed by atoms with Gasteiger partial charge in [-0.25, -0.2) is 8.42 Å². The Labute approximate surface area is 115 Å². The van der Waals surface area contributed by atoms with E-state index in [0.717, 1.165) is 5.56 Å². The number of nitrogens with zero attached hydrogens (tertiary/aromatic N) is 1. The van der Waals surface area contributed by atoms with Crippen LogP contribution in [0.25, 0.3) is 6.08 Å². The predicted molar refractivity (Wildman–Crippen MR) is 77.9 cm³/mol. The summed E-state index contributed by atoms with van der Waals surface area (Å²) in [5, 5.41) is 10.1. The molecule has 0 aromatic heterocycles. The van der Waals surface area contributed by atoms with E-state index in [1.165, 1.54) is 9.71 Å². The van der Waals surface area contributed by atoms with Crippen molar-refractivity contribution < 1.29 is 13.5 Å². The number of hydrogen-bond donors (Lipinski definition) is 1. The van der Waals surface area contributed by atoms with Gasteiger partial charge in [0.15, 0.2) is 0 Å². The van der Waals surface area contributed by atoms with Crippen LogP contribution in [0.2, 0.25) is 0 Å². The Kier molecular flexibility index (Phi) is 6.21. The predicted octanol–water partition coefficient (Wildman–Crippen LogP) is 2.08. The van der Waals surface area contributed by atoms with Gasteiger partial charge in [0.05, 0.1) is 0 Å². The van der Waals surface area contributed by atoms with Crippen LogP contribution in [0.4, 0.5) is 0 Å². The number of aliphatic hydroxyl groups is 1. The molecule has 1 rings (SSSR count). The SMILES string of the molecule is CC(C)N(CCCO)S(=O)(=O)/C=C/c1ccccc1. The van der Waals surface area contributed by atoms with Crippen molar-refractivity contribution in [2.45, 2.75) is 26.3 Å². The van der Waals surface area contributed by atoms with E-state index in [4.69, 9.17) is 5.11 Å².